The van der Waals surface area contributed by atoms with Crippen molar-refractivity contribution in [3.05, 3.63) is 52.5 Å². The largest absolute Gasteiger partial charge is 0.376 e. The van der Waals surface area contributed by atoms with Gasteiger partial charge in [-0.05, 0) is 62.1 Å². The number of nitrogens with one attached hydrogen (secondary N) is 3. The maximum absolute atomic E-state index is 12.2. The molecular weight excluding hydrogens is 350 g/mol. The molecule has 0 heterocycles. The van der Waals surface area contributed by atoms with Gasteiger partial charge in [0.05, 0.1) is 6.54 Å². The van der Waals surface area contributed by atoms with Crippen LogP contribution in [0.1, 0.15) is 24.0 Å². The molecule has 2 aromatic carbocycles. The fourth-order valence-electron chi connectivity index (χ4n) is 2.64. The Bertz CT molecular complexity index is 847. The minimum absolute atomic E-state index is 0.0689. The third-order valence-corrected chi connectivity index (χ3v) is 4.69. The zero-order chi connectivity index (χ0) is 18.7. The van der Waals surface area contributed by atoms with Gasteiger partial charge in [0, 0.05) is 28.0 Å². The Kier molecular flexibility index (Phi) is 5.47. The highest BCUT2D eigenvalue weighted by Crippen LogP contribution is 2.31. The summed E-state index contributed by atoms with van der Waals surface area (Å²) >= 11 is 5.98. The first-order valence-electron chi connectivity index (χ1n) is 8.64. The second kappa shape index (κ2) is 7.79. The van der Waals surface area contributed by atoms with E-state index in [1.54, 1.807) is 12.1 Å². The Morgan fingerprint density at radius 2 is 1.77 bits per heavy atom. The van der Waals surface area contributed by atoms with Gasteiger partial charge in [0.1, 0.15) is 0 Å². The fourth-order valence-corrected chi connectivity index (χ4v) is 2.81. The summed E-state index contributed by atoms with van der Waals surface area (Å²) in [4.78, 5) is 24.2. The number of benzene rings is 2. The lowest BCUT2D eigenvalue weighted by molar-refractivity contribution is -0.117. The minimum atomic E-state index is -0.165. The summed E-state index contributed by atoms with van der Waals surface area (Å²) in [6.45, 7) is 3.95. The summed E-state index contributed by atoms with van der Waals surface area (Å²) in [5, 5.41) is 9.52. The average molecular weight is 372 g/mol. The molecule has 26 heavy (non-hydrogen) atoms. The van der Waals surface area contributed by atoms with Gasteiger partial charge in [-0.3, -0.25) is 9.59 Å². The third-order valence-electron chi connectivity index (χ3n) is 4.45. The quantitative estimate of drug-likeness (QED) is 0.706. The number of amides is 2. The summed E-state index contributed by atoms with van der Waals surface area (Å²) in [6.07, 6.45) is 1.93. The van der Waals surface area contributed by atoms with Crippen LogP contribution in [0.3, 0.4) is 0 Å². The van der Waals surface area contributed by atoms with Gasteiger partial charge in [-0.25, -0.2) is 0 Å². The van der Waals surface area contributed by atoms with Crippen molar-refractivity contribution in [1.29, 1.82) is 0 Å². The third kappa shape index (κ3) is 4.55. The minimum Gasteiger partial charge on any atom is -0.376 e. The molecule has 6 heteroatoms. The van der Waals surface area contributed by atoms with Crippen molar-refractivity contribution in [1.82, 2.24) is 0 Å². The number of aryl methyl sites for hydroxylation is 1. The first kappa shape index (κ1) is 18.3. The van der Waals surface area contributed by atoms with E-state index in [0.29, 0.717) is 10.7 Å². The van der Waals surface area contributed by atoms with Crippen molar-refractivity contribution >= 4 is 40.5 Å². The lowest BCUT2D eigenvalue weighted by Crippen LogP contribution is -2.22. The van der Waals surface area contributed by atoms with Crippen LogP contribution in [0.5, 0.6) is 0 Å². The Hall–Kier alpha value is -2.53. The molecule has 0 atom stereocenters. The van der Waals surface area contributed by atoms with Crippen molar-refractivity contribution in [2.75, 3.05) is 22.5 Å². The number of carbonyl (C=O) groups is 2. The molecule has 1 fully saturated rings. The number of rotatable bonds is 6. The molecule has 3 rings (SSSR count). The molecule has 0 spiro atoms. The highest BCUT2D eigenvalue weighted by molar-refractivity contribution is 6.31. The zero-order valence-electron chi connectivity index (χ0n) is 14.9. The topological polar surface area (TPSA) is 70.2 Å². The van der Waals surface area contributed by atoms with Crippen LogP contribution in [0, 0.1) is 19.8 Å². The highest BCUT2D eigenvalue weighted by Gasteiger charge is 2.29. The van der Waals surface area contributed by atoms with Crippen molar-refractivity contribution in [3.8, 4) is 0 Å². The molecule has 0 bridgehead atoms. The van der Waals surface area contributed by atoms with Crippen molar-refractivity contribution in [2.24, 2.45) is 5.92 Å². The molecular formula is C20H22ClN3O2. The normalized spacial score (nSPS) is 13.2. The molecule has 0 aromatic heterocycles. The lowest BCUT2D eigenvalue weighted by Gasteiger charge is -2.14. The molecule has 5 nitrogen and oxygen atoms in total. The zero-order valence-corrected chi connectivity index (χ0v) is 15.6. The van der Waals surface area contributed by atoms with E-state index in [9.17, 15) is 9.59 Å². The molecule has 1 aliphatic carbocycles. The fraction of sp³-hybridized carbons (Fsp3) is 0.300. The van der Waals surface area contributed by atoms with Gasteiger partial charge >= 0.3 is 0 Å². The molecule has 1 saturated carbocycles. The second-order valence-corrected chi connectivity index (χ2v) is 7.04. The summed E-state index contributed by atoms with van der Waals surface area (Å²) in [5.74, 6) is 0.0549. The van der Waals surface area contributed by atoms with Gasteiger partial charge in [0.2, 0.25) is 11.8 Å². The molecule has 2 amide bonds. The van der Waals surface area contributed by atoms with E-state index in [-0.39, 0.29) is 24.3 Å². The molecule has 136 valence electrons. The van der Waals surface area contributed by atoms with Gasteiger partial charge in [-0.15, -0.1) is 0 Å². The van der Waals surface area contributed by atoms with Gasteiger partial charge in [-0.2, -0.15) is 0 Å². The summed E-state index contributed by atoms with van der Waals surface area (Å²) in [6, 6.07) is 11.0. The van der Waals surface area contributed by atoms with Gasteiger partial charge in [0.15, 0.2) is 0 Å². The maximum Gasteiger partial charge on any atom is 0.243 e. The first-order valence-corrected chi connectivity index (χ1v) is 9.02. The maximum atomic E-state index is 12.2. The van der Waals surface area contributed by atoms with Crippen molar-refractivity contribution in [3.63, 3.8) is 0 Å². The number of anilines is 3. The monoisotopic (exact) mass is 371 g/mol. The predicted molar refractivity (Wildman–Crippen MR) is 106 cm³/mol. The summed E-state index contributed by atoms with van der Waals surface area (Å²) in [5.41, 5.74) is 4.15. The summed E-state index contributed by atoms with van der Waals surface area (Å²) < 4.78 is 0. The number of carbonyl (C=O) groups excluding carboxylic acids is 2. The Balaban J connectivity index is 1.61. The Labute approximate surface area is 158 Å². The second-order valence-electron chi connectivity index (χ2n) is 6.60. The van der Waals surface area contributed by atoms with E-state index in [2.05, 4.69) is 16.0 Å². The predicted octanol–water partition coefficient (Wildman–Crippen LogP) is 4.36. The van der Waals surface area contributed by atoms with E-state index in [4.69, 9.17) is 11.6 Å². The molecule has 0 aliphatic heterocycles. The number of halogens is 1. The standard InChI is InChI=1S/C20H22ClN3O2/c1-12-6-9-15(21)10-18(12)23-19(25)11-22-16-4-3-5-17(13(16)2)24-20(26)14-7-8-14/h3-6,9-10,14,22H,7-8,11H2,1-2H3,(H,23,25)(H,24,26). The van der Waals surface area contributed by atoms with Crippen LogP contribution in [0.2, 0.25) is 5.02 Å². The SMILES string of the molecule is Cc1ccc(Cl)cc1NC(=O)CNc1cccc(NC(=O)C2CC2)c1C. The molecule has 3 N–H and O–H groups in total. The molecule has 0 radical (unpaired) electrons. The number of hydrogen-bond donors (Lipinski definition) is 3. The van der Waals surface area contributed by atoms with E-state index in [1.807, 2.05) is 38.1 Å². The average Bonchev–Trinajstić information content (AvgIpc) is 3.44. The highest BCUT2D eigenvalue weighted by atomic mass is 35.5. The summed E-state index contributed by atoms with van der Waals surface area (Å²) in [7, 11) is 0. The van der Waals surface area contributed by atoms with Crippen LogP contribution >= 0.6 is 11.6 Å². The molecule has 1 aliphatic rings. The van der Waals surface area contributed by atoms with E-state index >= 15 is 0 Å². The number of hydrogen-bond acceptors (Lipinski definition) is 3. The van der Waals surface area contributed by atoms with E-state index in [0.717, 1.165) is 35.3 Å². The van der Waals surface area contributed by atoms with Gasteiger partial charge in [-0.1, -0.05) is 23.7 Å². The lowest BCUT2D eigenvalue weighted by atomic mass is 10.1. The molecule has 2 aromatic rings. The van der Waals surface area contributed by atoms with Crippen LogP contribution in [-0.2, 0) is 9.59 Å². The van der Waals surface area contributed by atoms with Crippen LogP contribution in [0.25, 0.3) is 0 Å². The Morgan fingerprint density at radius 1 is 1.04 bits per heavy atom. The van der Waals surface area contributed by atoms with E-state index in [1.165, 1.54) is 0 Å². The molecule has 0 saturated heterocycles. The van der Waals surface area contributed by atoms with Crippen LogP contribution in [0.4, 0.5) is 17.1 Å². The first-order chi connectivity index (χ1) is 12.4. The smallest absolute Gasteiger partial charge is 0.243 e. The van der Waals surface area contributed by atoms with Crippen molar-refractivity contribution in [2.45, 2.75) is 26.7 Å². The van der Waals surface area contributed by atoms with Gasteiger partial charge in [0.25, 0.3) is 0 Å². The van der Waals surface area contributed by atoms with Gasteiger partial charge < -0.3 is 16.0 Å². The van der Waals surface area contributed by atoms with Crippen LogP contribution in [-0.4, -0.2) is 18.4 Å². The van der Waals surface area contributed by atoms with Crippen LogP contribution < -0.4 is 16.0 Å². The van der Waals surface area contributed by atoms with E-state index < -0.39 is 0 Å². The van der Waals surface area contributed by atoms with Crippen molar-refractivity contribution < 1.29 is 9.59 Å². The molecule has 0 unspecified atom stereocenters. The van der Waals surface area contributed by atoms with Crippen LogP contribution in [0.15, 0.2) is 36.4 Å². The Morgan fingerprint density at radius 3 is 2.50 bits per heavy atom.